The van der Waals surface area contributed by atoms with Gasteiger partial charge in [0.05, 0.1) is 15.6 Å². The van der Waals surface area contributed by atoms with Crippen LogP contribution in [-0.2, 0) is 17.8 Å². The molecule has 0 fully saturated rings. The van der Waals surface area contributed by atoms with Crippen molar-refractivity contribution in [3.8, 4) is 17.0 Å². The highest BCUT2D eigenvalue weighted by Gasteiger charge is 2.23. The minimum Gasteiger partial charge on any atom is -0.489 e. The van der Waals surface area contributed by atoms with Crippen LogP contribution in [0.2, 0.25) is 10.0 Å². The molecule has 3 rings (SSSR count). The molecule has 0 aliphatic heterocycles. The standard InChI is InChI=1S/C23H23Cl2NO4/c1-14(2)23-17(22(26-30-23)21-18(24)6-4-7-19(21)25)13-29-16-11-9-15(10-12-16)5-3-8-20(27)28/h4,6-7,9-12,14H,3,5,8,13H2,1-2H3,(H,27,28). The zero-order chi connectivity index (χ0) is 21.7. The third kappa shape index (κ3) is 5.35. The second kappa shape index (κ2) is 10.0. The first-order valence-corrected chi connectivity index (χ1v) is 10.5. The van der Waals surface area contributed by atoms with E-state index in [1.807, 2.05) is 38.1 Å². The summed E-state index contributed by atoms with van der Waals surface area (Å²) < 4.78 is 11.6. The number of carbonyl (C=O) groups is 1. The van der Waals surface area contributed by atoms with E-state index in [0.717, 1.165) is 16.9 Å². The maximum absolute atomic E-state index is 10.6. The van der Waals surface area contributed by atoms with Crippen LogP contribution >= 0.6 is 23.2 Å². The van der Waals surface area contributed by atoms with Crippen molar-refractivity contribution in [3.05, 3.63) is 69.4 Å². The summed E-state index contributed by atoms with van der Waals surface area (Å²) in [6, 6.07) is 13.0. The Bertz CT molecular complexity index is 992. The topological polar surface area (TPSA) is 72.6 Å². The number of hydrogen-bond acceptors (Lipinski definition) is 4. The number of nitrogens with zero attached hydrogens (tertiary/aromatic N) is 1. The van der Waals surface area contributed by atoms with Gasteiger partial charge in [-0.15, -0.1) is 0 Å². The lowest BCUT2D eigenvalue weighted by atomic mass is 10.0. The monoisotopic (exact) mass is 447 g/mol. The number of aryl methyl sites for hydroxylation is 1. The van der Waals surface area contributed by atoms with Crippen LogP contribution < -0.4 is 4.74 Å². The lowest BCUT2D eigenvalue weighted by Gasteiger charge is -2.11. The van der Waals surface area contributed by atoms with Crippen molar-refractivity contribution in [1.82, 2.24) is 5.16 Å². The number of ether oxygens (including phenoxy) is 1. The van der Waals surface area contributed by atoms with Crippen molar-refractivity contribution in [2.45, 2.75) is 45.6 Å². The molecule has 1 aromatic heterocycles. The van der Waals surface area contributed by atoms with Gasteiger partial charge >= 0.3 is 5.97 Å². The second-order valence-electron chi connectivity index (χ2n) is 7.31. The molecule has 2 aromatic carbocycles. The highest BCUT2D eigenvalue weighted by atomic mass is 35.5. The Morgan fingerprint density at radius 1 is 1.13 bits per heavy atom. The van der Waals surface area contributed by atoms with Crippen LogP contribution in [0.1, 0.15) is 49.5 Å². The Labute approximate surface area is 185 Å². The van der Waals surface area contributed by atoms with Crippen molar-refractivity contribution in [1.29, 1.82) is 0 Å². The summed E-state index contributed by atoms with van der Waals surface area (Å²) in [7, 11) is 0. The van der Waals surface area contributed by atoms with Crippen molar-refractivity contribution >= 4 is 29.2 Å². The van der Waals surface area contributed by atoms with Crippen molar-refractivity contribution in [2.24, 2.45) is 0 Å². The summed E-state index contributed by atoms with van der Waals surface area (Å²) in [4.78, 5) is 10.6. The highest BCUT2D eigenvalue weighted by Crippen LogP contribution is 2.38. The van der Waals surface area contributed by atoms with Crippen molar-refractivity contribution < 1.29 is 19.2 Å². The Morgan fingerprint density at radius 2 is 1.80 bits per heavy atom. The SMILES string of the molecule is CC(C)c1onc(-c2c(Cl)cccc2Cl)c1COc1ccc(CCCC(=O)O)cc1. The fraction of sp³-hybridized carbons (Fsp3) is 0.304. The van der Waals surface area contributed by atoms with Gasteiger partial charge in [-0.25, -0.2) is 0 Å². The van der Waals surface area contributed by atoms with Crippen molar-refractivity contribution in [2.75, 3.05) is 0 Å². The number of rotatable bonds is 9. The molecule has 0 aliphatic carbocycles. The average Bonchev–Trinajstić information content (AvgIpc) is 3.11. The highest BCUT2D eigenvalue weighted by molar-refractivity contribution is 6.39. The van der Waals surface area contributed by atoms with Crippen LogP contribution in [0.15, 0.2) is 47.0 Å². The fourth-order valence-corrected chi connectivity index (χ4v) is 3.76. The van der Waals surface area contributed by atoms with Gasteiger partial charge in [-0.2, -0.15) is 0 Å². The number of carboxylic acid groups (broad SMARTS) is 1. The van der Waals surface area contributed by atoms with Gasteiger partial charge in [0, 0.05) is 17.9 Å². The second-order valence-corrected chi connectivity index (χ2v) is 8.12. The molecular weight excluding hydrogens is 425 g/mol. The molecule has 1 N–H and O–H groups in total. The summed E-state index contributed by atoms with van der Waals surface area (Å²) in [6.07, 6.45) is 1.48. The van der Waals surface area contributed by atoms with E-state index in [2.05, 4.69) is 5.16 Å². The van der Waals surface area contributed by atoms with Gasteiger partial charge in [0.25, 0.3) is 0 Å². The Kier molecular flexibility index (Phi) is 7.40. The van der Waals surface area contributed by atoms with Gasteiger partial charge in [0.1, 0.15) is 23.8 Å². The average molecular weight is 448 g/mol. The predicted octanol–water partition coefficient (Wildman–Crippen LogP) is 6.76. The molecule has 0 unspecified atom stereocenters. The lowest BCUT2D eigenvalue weighted by Crippen LogP contribution is -2.01. The molecule has 0 radical (unpaired) electrons. The molecule has 0 bridgehead atoms. The third-order valence-corrected chi connectivity index (χ3v) is 5.34. The molecule has 3 aromatic rings. The normalized spacial score (nSPS) is 11.1. The van der Waals surface area contributed by atoms with E-state index in [9.17, 15) is 4.79 Å². The summed E-state index contributed by atoms with van der Waals surface area (Å²) in [5.41, 5.74) is 3.09. The summed E-state index contributed by atoms with van der Waals surface area (Å²) >= 11 is 12.8. The van der Waals surface area contributed by atoms with Crippen LogP contribution in [-0.4, -0.2) is 16.2 Å². The van der Waals surface area contributed by atoms with Gasteiger partial charge < -0.3 is 14.4 Å². The van der Waals surface area contributed by atoms with E-state index in [4.69, 9.17) is 37.6 Å². The maximum atomic E-state index is 10.6. The van der Waals surface area contributed by atoms with Gasteiger partial charge in [-0.3, -0.25) is 4.79 Å². The van der Waals surface area contributed by atoms with E-state index in [1.165, 1.54) is 0 Å². The number of hydrogen-bond donors (Lipinski definition) is 1. The minimum absolute atomic E-state index is 0.114. The van der Waals surface area contributed by atoms with Gasteiger partial charge in [0.15, 0.2) is 0 Å². The van der Waals surface area contributed by atoms with Crippen LogP contribution in [0.3, 0.4) is 0 Å². The fourth-order valence-electron chi connectivity index (χ4n) is 3.19. The first-order chi connectivity index (χ1) is 14.4. The van der Waals surface area contributed by atoms with E-state index < -0.39 is 5.97 Å². The summed E-state index contributed by atoms with van der Waals surface area (Å²) in [6.45, 7) is 4.30. The van der Waals surface area contributed by atoms with Crippen LogP contribution in [0, 0.1) is 0 Å². The van der Waals surface area contributed by atoms with Crippen molar-refractivity contribution in [3.63, 3.8) is 0 Å². The molecule has 0 saturated heterocycles. The summed E-state index contributed by atoms with van der Waals surface area (Å²) in [5, 5.41) is 14.0. The predicted molar refractivity (Wildman–Crippen MR) is 117 cm³/mol. The zero-order valence-electron chi connectivity index (χ0n) is 16.8. The largest absolute Gasteiger partial charge is 0.489 e. The Morgan fingerprint density at radius 3 is 2.40 bits per heavy atom. The minimum atomic E-state index is -0.779. The molecule has 0 atom stereocenters. The van der Waals surface area contributed by atoms with Crippen LogP contribution in [0.25, 0.3) is 11.3 Å². The lowest BCUT2D eigenvalue weighted by molar-refractivity contribution is -0.137. The number of aromatic nitrogens is 1. The van der Waals surface area contributed by atoms with E-state index >= 15 is 0 Å². The molecule has 5 nitrogen and oxygen atoms in total. The number of halogens is 2. The third-order valence-electron chi connectivity index (χ3n) is 4.71. The quantitative estimate of drug-likeness (QED) is 0.392. The smallest absolute Gasteiger partial charge is 0.303 e. The molecule has 1 heterocycles. The van der Waals surface area contributed by atoms with E-state index in [1.54, 1.807) is 18.2 Å². The number of benzene rings is 2. The van der Waals surface area contributed by atoms with Gasteiger partial charge in [-0.1, -0.05) is 60.4 Å². The number of aliphatic carboxylic acids is 1. The first kappa shape index (κ1) is 22.2. The molecule has 0 amide bonds. The Balaban J connectivity index is 1.78. The Hall–Kier alpha value is -2.50. The number of carboxylic acids is 1. The molecule has 30 heavy (non-hydrogen) atoms. The van der Waals surface area contributed by atoms with Gasteiger partial charge in [0.2, 0.25) is 0 Å². The maximum Gasteiger partial charge on any atom is 0.303 e. The zero-order valence-corrected chi connectivity index (χ0v) is 18.3. The summed E-state index contributed by atoms with van der Waals surface area (Å²) in [5.74, 6) is 0.761. The van der Waals surface area contributed by atoms with Gasteiger partial charge in [-0.05, 0) is 42.7 Å². The molecule has 158 valence electrons. The van der Waals surface area contributed by atoms with Crippen LogP contribution in [0.4, 0.5) is 0 Å². The molecular formula is C23H23Cl2NO4. The molecule has 0 spiro atoms. The van der Waals surface area contributed by atoms with Crippen LogP contribution in [0.5, 0.6) is 5.75 Å². The van der Waals surface area contributed by atoms with E-state index in [0.29, 0.717) is 39.9 Å². The molecule has 0 saturated carbocycles. The molecule has 7 heteroatoms. The first-order valence-electron chi connectivity index (χ1n) is 9.73. The van der Waals surface area contributed by atoms with E-state index in [-0.39, 0.29) is 18.9 Å². The molecule has 0 aliphatic rings.